The van der Waals surface area contributed by atoms with Gasteiger partial charge >= 0.3 is 0 Å². The van der Waals surface area contributed by atoms with Crippen molar-refractivity contribution in [2.75, 3.05) is 0 Å². The fourth-order valence-electron chi connectivity index (χ4n) is 1.39. The summed E-state index contributed by atoms with van der Waals surface area (Å²) in [5.74, 6) is 0. The Morgan fingerprint density at radius 1 is 1.27 bits per heavy atom. The summed E-state index contributed by atoms with van der Waals surface area (Å²) >= 11 is 0. The normalized spacial score (nSPS) is 13.1. The topological polar surface area (TPSA) is 74.8 Å². The van der Waals surface area contributed by atoms with E-state index < -0.39 is 15.6 Å². The Balaban J connectivity index is 3.18. The van der Waals surface area contributed by atoms with Crippen LogP contribution in [0.15, 0.2) is 4.90 Å². The van der Waals surface area contributed by atoms with Crippen LogP contribution in [0.4, 0.5) is 0 Å². The van der Waals surface area contributed by atoms with Crippen LogP contribution in [-0.2, 0) is 10.0 Å². The summed E-state index contributed by atoms with van der Waals surface area (Å²) in [4.78, 5) is 0.248. The lowest BCUT2D eigenvalue weighted by atomic mass is 10.1. The second-order valence-corrected chi connectivity index (χ2v) is 6.24. The molecule has 0 saturated carbocycles. The van der Waals surface area contributed by atoms with E-state index in [0.29, 0.717) is 11.4 Å². The average Bonchev–Trinajstić information content (AvgIpc) is 2.25. The molecule has 0 saturated heterocycles. The van der Waals surface area contributed by atoms with Gasteiger partial charge in [-0.2, -0.15) is 5.10 Å². The lowest BCUT2D eigenvalue weighted by Crippen LogP contribution is -2.40. The third-order valence-corrected chi connectivity index (χ3v) is 3.79. The predicted octanol–water partition coefficient (Wildman–Crippen LogP) is 1.10. The van der Waals surface area contributed by atoms with Crippen molar-refractivity contribution in [3.8, 4) is 0 Å². The van der Waals surface area contributed by atoms with Crippen molar-refractivity contribution in [1.29, 1.82) is 0 Å². The van der Waals surface area contributed by atoms with Gasteiger partial charge in [-0.15, -0.1) is 0 Å². The lowest BCUT2D eigenvalue weighted by Gasteiger charge is -2.20. The van der Waals surface area contributed by atoms with Gasteiger partial charge < -0.3 is 0 Å². The number of H-pyrrole nitrogens is 1. The molecule has 1 rings (SSSR count). The van der Waals surface area contributed by atoms with Gasteiger partial charge in [0.25, 0.3) is 0 Å². The first-order valence-corrected chi connectivity index (χ1v) is 6.17. The van der Waals surface area contributed by atoms with Crippen LogP contribution >= 0.6 is 0 Å². The molecule has 1 heterocycles. The van der Waals surface area contributed by atoms with E-state index in [4.69, 9.17) is 0 Å². The molecule has 86 valence electrons. The molecule has 15 heavy (non-hydrogen) atoms. The summed E-state index contributed by atoms with van der Waals surface area (Å²) in [7, 11) is -3.48. The average molecular weight is 231 g/mol. The lowest BCUT2D eigenvalue weighted by molar-refractivity contribution is 0.491. The zero-order valence-electron chi connectivity index (χ0n) is 9.67. The molecule has 0 aromatic carbocycles. The molecule has 0 amide bonds. The number of rotatable bonds is 2. The van der Waals surface area contributed by atoms with E-state index >= 15 is 0 Å². The van der Waals surface area contributed by atoms with Crippen molar-refractivity contribution in [2.24, 2.45) is 0 Å². The summed E-state index contributed by atoms with van der Waals surface area (Å²) in [5.41, 5.74) is 0.558. The van der Waals surface area contributed by atoms with Crippen LogP contribution in [0, 0.1) is 13.8 Å². The number of hydrogen-bond acceptors (Lipinski definition) is 3. The van der Waals surface area contributed by atoms with E-state index in [-0.39, 0.29) is 4.90 Å². The summed E-state index contributed by atoms with van der Waals surface area (Å²) < 4.78 is 26.6. The van der Waals surface area contributed by atoms with Gasteiger partial charge in [0.05, 0.1) is 11.4 Å². The number of aromatic nitrogens is 2. The molecule has 6 heteroatoms. The summed E-state index contributed by atoms with van der Waals surface area (Å²) in [6.45, 7) is 8.76. The van der Waals surface area contributed by atoms with Crippen LogP contribution in [0.1, 0.15) is 32.2 Å². The van der Waals surface area contributed by atoms with Crippen molar-refractivity contribution in [3.05, 3.63) is 11.4 Å². The zero-order chi connectivity index (χ0) is 11.9. The molecule has 2 N–H and O–H groups in total. The Hall–Kier alpha value is -0.880. The first-order valence-electron chi connectivity index (χ1n) is 4.69. The molecule has 0 fully saturated rings. The Labute approximate surface area is 90.3 Å². The van der Waals surface area contributed by atoms with Crippen molar-refractivity contribution in [2.45, 2.75) is 45.1 Å². The molecule has 0 atom stereocenters. The largest absolute Gasteiger partial charge is 0.281 e. The number of sulfonamides is 1. The first kappa shape index (κ1) is 12.2. The van der Waals surface area contributed by atoms with Crippen molar-refractivity contribution in [1.82, 2.24) is 14.9 Å². The molecule has 0 aliphatic heterocycles. The molecule has 1 aromatic heterocycles. The Morgan fingerprint density at radius 2 is 1.80 bits per heavy atom. The molecule has 0 spiro atoms. The van der Waals surface area contributed by atoms with Crippen molar-refractivity contribution < 1.29 is 8.42 Å². The second kappa shape index (κ2) is 3.61. The van der Waals surface area contributed by atoms with Gasteiger partial charge in [-0.05, 0) is 34.6 Å². The Bertz CT molecular complexity index is 435. The molecular weight excluding hydrogens is 214 g/mol. The smallest absolute Gasteiger partial charge is 0.244 e. The molecular formula is C9H17N3O2S. The maximum Gasteiger partial charge on any atom is 0.244 e. The zero-order valence-corrected chi connectivity index (χ0v) is 10.5. The van der Waals surface area contributed by atoms with E-state index in [2.05, 4.69) is 14.9 Å². The maximum atomic E-state index is 12.0. The van der Waals surface area contributed by atoms with E-state index in [9.17, 15) is 8.42 Å². The van der Waals surface area contributed by atoms with Crippen molar-refractivity contribution >= 4 is 10.0 Å². The van der Waals surface area contributed by atoms with Gasteiger partial charge in [0.1, 0.15) is 4.90 Å². The molecule has 5 nitrogen and oxygen atoms in total. The summed E-state index contributed by atoms with van der Waals surface area (Å²) in [6, 6.07) is 0. The van der Waals surface area contributed by atoms with Gasteiger partial charge in [-0.1, -0.05) is 0 Å². The molecule has 0 radical (unpaired) electrons. The van der Waals surface area contributed by atoms with Gasteiger partial charge in [0.2, 0.25) is 10.0 Å². The summed E-state index contributed by atoms with van der Waals surface area (Å²) in [5, 5.41) is 6.53. The van der Waals surface area contributed by atoms with E-state index in [1.807, 2.05) is 0 Å². The fraction of sp³-hybridized carbons (Fsp3) is 0.667. The van der Waals surface area contributed by atoms with Crippen molar-refractivity contribution in [3.63, 3.8) is 0 Å². The molecule has 0 aliphatic carbocycles. The standard InChI is InChI=1S/C9H17N3O2S/c1-6-8(7(2)11-10-6)15(13,14)12-9(3,4)5/h12H,1-5H3,(H,10,11). The van der Waals surface area contributed by atoms with E-state index in [1.54, 1.807) is 34.6 Å². The minimum absolute atomic E-state index is 0.248. The SMILES string of the molecule is Cc1n[nH]c(C)c1S(=O)(=O)NC(C)(C)C. The minimum atomic E-state index is -3.48. The quantitative estimate of drug-likeness (QED) is 0.800. The highest BCUT2D eigenvalue weighted by atomic mass is 32.2. The maximum absolute atomic E-state index is 12.0. The highest BCUT2D eigenvalue weighted by molar-refractivity contribution is 7.89. The number of nitrogens with one attached hydrogen (secondary N) is 2. The summed E-state index contributed by atoms with van der Waals surface area (Å²) in [6.07, 6.45) is 0. The number of hydrogen-bond donors (Lipinski definition) is 2. The molecule has 0 aliphatic rings. The minimum Gasteiger partial charge on any atom is -0.281 e. The first-order chi connectivity index (χ1) is 6.63. The third-order valence-electron chi connectivity index (χ3n) is 1.77. The van der Waals surface area contributed by atoms with Crippen LogP contribution in [0.25, 0.3) is 0 Å². The molecule has 0 unspecified atom stereocenters. The number of aromatic amines is 1. The van der Waals surface area contributed by atoms with Crippen LogP contribution in [-0.4, -0.2) is 24.2 Å². The predicted molar refractivity (Wildman–Crippen MR) is 58.1 cm³/mol. The highest BCUT2D eigenvalue weighted by Gasteiger charge is 2.26. The van der Waals surface area contributed by atoms with E-state index in [1.165, 1.54) is 0 Å². The second-order valence-electron chi connectivity index (χ2n) is 4.62. The van der Waals surface area contributed by atoms with Gasteiger partial charge in [0, 0.05) is 5.54 Å². The van der Waals surface area contributed by atoms with Gasteiger partial charge in [-0.3, -0.25) is 5.10 Å². The van der Waals surface area contributed by atoms with Crippen LogP contribution in [0.3, 0.4) is 0 Å². The Kier molecular flexibility index (Phi) is 2.93. The fourth-order valence-corrected chi connectivity index (χ4v) is 3.18. The van der Waals surface area contributed by atoms with Crippen LogP contribution in [0.5, 0.6) is 0 Å². The van der Waals surface area contributed by atoms with Crippen LogP contribution in [0.2, 0.25) is 0 Å². The highest BCUT2D eigenvalue weighted by Crippen LogP contribution is 2.18. The number of aryl methyl sites for hydroxylation is 2. The monoisotopic (exact) mass is 231 g/mol. The Morgan fingerprint density at radius 3 is 2.13 bits per heavy atom. The van der Waals surface area contributed by atoms with E-state index in [0.717, 1.165) is 0 Å². The van der Waals surface area contributed by atoms with Gasteiger partial charge in [-0.25, -0.2) is 13.1 Å². The van der Waals surface area contributed by atoms with Crippen LogP contribution < -0.4 is 4.72 Å². The molecule has 1 aromatic rings. The number of nitrogens with zero attached hydrogens (tertiary/aromatic N) is 1. The third kappa shape index (κ3) is 2.79. The van der Waals surface area contributed by atoms with Gasteiger partial charge in [0.15, 0.2) is 0 Å². The molecule has 0 bridgehead atoms.